The number of urea groups is 1. The first-order chi connectivity index (χ1) is 13.8. The molecule has 2 heterocycles. The van der Waals surface area contributed by atoms with Crippen molar-refractivity contribution in [1.82, 2.24) is 20.2 Å². The summed E-state index contributed by atoms with van der Waals surface area (Å²) in [7, 11) is 0. The molecule has 1 aliphatic rings. The van der Waals surface area contributed by atoms with E-state index in [1.165, 1.54) is 13.0 Å². The number of para-hydroxylation sites is 1. The average Bonchev–Trinajstić information content (AvgIpc) is 2.91. The summed E-state index contributed by atoms with van der Waals surface area (Å²) in [6, 6.07) is 9.21. The Morgan fingerprint density at radius 2 is 1.83 bits per heavy atom. The number of hydrogen-bond acceptors (Lipinski definition) is 4. The van der Waals surface area contributed by atoms with Crippen molar-refractivity contribution in [3.05, 3.63) is 75.8 Å². The molecule has 3 amide bonds. The van der Waals surface area contributed by atoms with Crippen LogP contribution < -0.4 is 10.9 Å². The fourth-order valence-electron chi connectivity index (χ4n) is 3.37. The van der Waals surface area contributed by atoms with E-state index in [0.29, 0.717) is 16.7 Å². The number of fused-ring (bicyclic) bond motifs is 1. The van der Waals surface area contributed by atoms with Crippen LogP contribution in [0.15, 0.2) is 47.3 Å². The molecule has 1 saturated heterocycles. The number of H-pyrrole nitrogens is 1. The SMILES string of the molecule is CC1(c2ccc(F)c(F)c2)NC(=O)N(CCc2nc3ccccc3c(=O)[nH]2)C1=O. The van der Waals surface area contributed by atoms with E-state index in [1.54, 1.807) is 24.3 Å². The van der Waals surface area contributed by atoms with Gasteiger partial charge < -0.3 is 10.3 Å². The van der Waals surface area contributed by atoms with E-state index in [-0.39, 0.29) is 24.1 Å². The number of rotatable bonds is 4. The molecule has 1 fully saturated rings. The van der Waals surface area contributed by atoms with Crippen LogP contribution >= 0.6 is 0 Å². The van der Waals surface area contributed by atoms with E-state index in [0.717, 1.165) is 17.0 Å². The largest absolute Gasteiger partial charge is 0.325 e. The summed E-state index contributed by atoms with van der Waals surface area (Å²) in [5, 5.41) is 2.97. The minimum atomic E-state index is -1.52. The molecule has 1 atom stereocenters. The van der Waals surface area contributed by atoms with Crippen molar-refractivity contribution in [3.8, 4) is 0 Å². The van der Waals surface area contributed by atoms with Crippen molar-refractivity contribution in [3.63, 3.8) is 0 Å². The smallest absolute Gasteiger partial charge is 0.319 e. The number of aromatic amines is 1. The predicted octanol–water partition coefficient (Wildman–Crippen LogP) is 2.21. The second-order valence-corrected chi connectivity index (χ2v) is 6.92. The number of carbonyl (C=O) groups is 2. The molecule has 4 rings (SSSR count). The molecule has 7 nitrogen and oxygen atoms in total. The van der Waals surface area contributed by atoms with Gasteiger partial charge in [-0.3, -0.25) is 14.5 Å². The molecular formula is C20H16F2N4O3. The summed E-state index contributed by atoms with van der Waals surface area (Å²) in [6.45, 7) is 1.39. The lowest BCUT2D eigenvalue weighted by molar-refractivity contribution is -0.131. The predicted molar refractivity (Wildman–Crippen MR) is 100 cm³/mol. The number of nitrogens with zero attached hydrogens (tertiary/aromatic N) is 2. The van der Waals surface area contributed by atoms with Crippen LogP contribution in [-0.2, 0) is 16.8 Å². The number of benzene rings is 2. The van der Waals surface area contributed by atoms with Gasteiger partial charge in [-0.25, -0.2) is 18.6 Å². The normalized spacial score (nSPS) is 19.1. The van der Waals surface area contributed by atoms with E-state index in [4.69, 9.17) is 0 Å². The Kier molecular flexibility index (Phi) is 4.37. The first-order valence-electron chi connectivity index (χ1n) is 8.87. The summed E-state index contributed by atoms with van der Waals surface area (Å²) in [5.41, 5.74) is -1.19. The van der Waals surface area contributed by atoms with Gasteiger partial charge in [0.15, 0.2) is 11.6 Å². The maximum Gasteiger partial charge on any atom is 0.325 e. The third-order valence-corrected chi connectivity index (χ3v) is 5.01. The number of amides is 3. The summed E-state index contributed by atoms with van der Waals surface area (Å²) in [4.78, 5) is 45.3. The monoisotopic (exact) mass is 398 g/mol. The molecular weight excluding hydrogens is 382 g/mol. The van der Waals surface area contributed by atoms with Gasteiger partial charge in [0.05, 0.1) is 10.9 Å². The Labute approximate surface area is 163 Å². The maximum absolute atomic E-state index is 13.6. The molecule has 148 valence electrons. The van der Waals surface area contributed by atoms with Gasteiger partial charge in [0.25, 0.3) is 11.5 Å². The molecule has 1 unspecified atom stereocenters. The molecule has 0 bridgehead atoms. The van der Waals surface area contributed by atoms with E-state index in [9.17, 15) is 23.2 Å². The third-order valence-electron chi connectivity index (χ3n) is 5.01. The van der Waals surface area contributed by atoms with E-state index in [1.807, 2.05) is 0 Å². The quantitative estimate of drug-likeness (QED) is 0.659. The highest BCUT2D eigenvalue weighted by Crippen LogP contribution is 2.29. The van der Waals surface area contributed by atoms with Crippen LogP contribution in [0.25, 0.3) is 10.9 Å². The van der Waals surface area contributed by atoms with E-state index in [2.05, 4.69) is 15.3 Å². The lowest BCUT2D eigenvalue weighted by Gasteiger charge is -2.22. The zero-order valence-corrected chi connectivity index (χ0v) is 15.3. The van der Waals surface area contributed by atoms with Crippen molar-refractivity contribution in [2.24, 2.45) is 0 Å². The second kappa shape index (κ2) is 6.77. The standard InChI is InChI=1S/C20H16F2N4O3/c1-20(11-6-7-13(21)14(22)10-11)18(28)26(19(29)25-20)9-8-16-23-15-5-3-2-4-12(15)17(27)24-16/h2-7,10H,8-9H2,1H3,(H,25,29)(H,23,24,27). The van der Waals surface area contributed by atoms with Crippen molar-refractivity contribution in [2.45, 2.75) is 18.9 Å². The van der Waals surface area contributed by atoms with Gasteiger partial charge in [0.2, 0.25) is 0 Å². The summed E-state index contributed by atoms with van der Waals surface area (Å²) >= 11 is 0. The van der Waals surface area contributed by atoms with Gasteiger partial charge >= 0.3 is 6.03 Å². The zero-order chi connectivity index (χ0) is 20.8. The Bertz CT molecular complexity index is 1210. The van der Waals surface area contributed by atoms with Gasteiger partial charge in [-0.15, -0.1) is 0 Å². The molecule has 2 aromatic carbocycles. The maximum atomic E-state index is 13.6. The Morgan fingerprint density at radius 3 is 2.59 bits per heavy atom. The lowest BCUT2D eigenvalue weighted by Crippen LogP contribution is -2.41. The summed E-state index contributed by atoms with van der Waals surface area (Å²) in [6.07, 6.45) is 0.132. The lowest BCUT2D eigenvalue weighted by atomic mass is 9.92. The van der Waals surface area contributed by atoms with Crippen molar-refractivity contribution in [2.75, 3.05) is 6.54 Å². The number of nitrogens with one attached hydrogen (secondary N) is 2. The molecule has 9 heteroatoms. The molecule has 3 aromatic rings. The minimum absolute atomic E-state index is 0.0365. The molecule has 0 aliphatic carbocycles. The van der Waals surface area contributed by atoms with Gasteiger partial charge in [-0.1, -0.05) is 18.2 Å². The first-order valence-corrected chi connectivity index (χ1v) is 8.87. The highest BCUT2D eigenvalue weighted by atomic mass is 19.2. The fourth-order valence-corrected chi connectivity index (χ4v) is 3.37. The molecule has 1 aliphatic heterocycles. The highest BCUT2D eigenvalue weighted by Gasteiger charge is 2.49. The van der Waals surface area contributed by atoms with Gasteiger partial charge in [0.1, 0.15) is 11.4 Å². The van der Waals surface area contributed by atoms with Gasteiger partial charge in [0, 0.05) is 13.0 Å². The van der Waals surface area contributed by atoms with Gasteiger partial charge in [-0.05, 0) is 36.8 Å². The van der Waals surface area contributed by atoms with Crippen LogP contribution in [0.2, 0.25) is 0 Å². The fraction of sp³-hybridized carbons (Fsp3) is 0.200. The zero-order valence-electron chi connectivity index (χ0n) is 15.3. The first kappa shape index (κ1) is 18.7. The van der Waals surface area contributed by atoms with Crippen molar-refractivity contribution in [1.29, 1.82) is 0 Å². The van der Waals surface area contributed by atoms with Crippen LogP contribution in [0.5, 0.6) is 0 Å². The number of hydrogen-bond donors (Lipinski definition) is 2. The highest BCUT2D eigenvalue weighted by molar-refractivity contribution is 6.07. The van der Waals surface area contributed by atoms with Crippen LogP contribution in [0.3, 0.4) is 0 Å². The van der Waals surface area contributed by atoms with Crippen LogP contribution in [0.1, 0.15) is 18.3 Å². The van der Waals surface area contributed by atoms with E-state index < -0.39 is 29.1 Å². The number of carbonyl (C=O) groups excluding carboxylic acids is 2. The molecule has 1 aromatic heterocycles. The van der Waals surface area contributed by atoms with Gasteiger partial charge in [-0.2, -0.15) is 0 Å². The third kappa shape index (κ3) is 3.14. The minimum Gasteiger partial charge on any atom is -0.319 e. The molecule has 0 spiro atoms. The van der Waals surface area contributed by atoms with Crippen molar-refractivity contribution < 1.29 is 18.4 Å². The van der Waals surface area contributed by atoms with E-state index >= 15 is 0 Å². The molecule has 29 heavy (non-hydrogen) atoms. The Balaban J connectivity index is 1.57. The Hall–Kier alpha value is -3.62. The topological polar surface area (TPSA) is 95.2 Å². The number of imide groups is 1. The van der Waals surface area contributed by atoms with Crippen molar-refractivity contribution >= 4 is 22.8 Å². The molecule has 0 radical (unpaired) electrons. The average molecular weight is 398 g/mol. The molecule has 2 N–H and O–H groups in total. The summed E-state index contributed by atoms with van der Waals surface area (Å²) in [5.74, 6) is -2.42. The van der Waals surface area contributed by atoms with Crippen LogP contribution in [0, 0.1) is 11.6 Å². The second-order valence-electron chi connectivity index (χ2n) is 6.92. The number of halogens is 2. The Morgan fingerprint density at radius 1 is 1.07 bits per heavy atom. The van der Waals surface area contributed by atoms with Crippen LogP contribution in [-0.4, -0.2) is 33.4 Å². The summed E-state index contributed by atoms with van der Waals surface area (Å²) < 4.78 is 26.8. The molecule has 0 saturated carbocycles. The van der Waals surface area contributed by atoms with Crippen LogP contribution in [0.4, 0.5) is 13.6 Å². The number of aromatic nitrogens is 2.